The third-order valence-corrected chi connectivity index (χ3v) is 3.95. The molecular weight excluding hydrogens is 290 g/mol. The van der Waals surface area contributed by atoms with Gasteiger partial charge < -0.3 is 10.4 Å². The van der Waals surface area contributed by atoms with Crippen LogP contribution in [0.5, 0.6) is 0 Å². The molecule has 2 N–H and O–H groups in total. The van der Waals surface area contributed by atoms with E-state index < -0.39 is 0 Å². The highest BCUT2D eigenvalue weighted by atomic mass is 16.3. The molecule has 0 fully saturated rings. The normalized spacial score (nSPS) is 10.9. The minimum Gasteiger partial charge on any atom is -0.394 e. The Balaban J connectivity index is 1.69. The molecule has 0 amide bonds. The predicted octanol–water partition coefficient (Wildman–Crippen LogP) is 2.29. The van der Waals surface area contributed by atoms with Crippen molar-refractivity contribution in [3.63, 3.8) is 0 Å². The number of aliphatic hydroxyl groups is 1. The highest BCUT2D eigenvalue weighted by Crippen LogP contribution is 2.17. The highest BCUT2D eigenvalue weighted by molar-refractivity contribution is 5.49. The largest absolute Gasteiger partial charge is 0.394 e. The zero-order valence-corrected chi connectivity index (χ0v) is 13.4. The lowest BCUT2D eigenvalue weighted by Gasteiger charge is -2.09. The van der Waals surface area contributed by atoms with E-state index in [1.807, 2.05) is 59.7 Å². The SMILES string of the molecule is Cc1nn(CCO)c(C)c1CNc1ccc(-n2cccn2)cc1. The Kier molecular flexibility index (Phi) is 4.43. The number of hydrogen-bond acceptors (Lipinski definition) is 4. The fourth-order valence-electron chi connectivity index (χ4n) is 2.65. The maximum absolute atomic E-state index is 9.07. The first-order chi connectivity index (χ1) is 11.2. The summed E-state index contributed by atoms with van der Waals surface area (Å²) in [5.74, 6) is 0. The van der Waals surface area contributed by atoms with Gasteiger partial charge in [-0.1, -0.05) is 0 Å². The summed E-state index contributed by atoms with van der Waals surface area (Å²) in [4.78, 5) is 0. The van der Waals surface area contributed by atoms with Crippen molar-refractivity contribution in [3.8, 4) is 5.69 Å². The predicted molar refractivity (Wildman–Crippen MR) is 89.7 cm³/mol. The summed E-state index contributed by atoms with van der Waals surface area (Å²) in [6.45, 7) is 5.38. The number of nitrogens with one attached hydrogen (secondary N) is 1. The Morgan fingerprint density at radius 2 is 1.96 bits per heavy atom. The summed E-state index contributed by atoms with van der Waals surface area (Å²) >= 11 is 0. The molecule has 0 unspecified atom stereocenters. The van der Waals surface area contributed by atoms with Crippen LogP contribution in [0.4, 0.5) is 5.69 Å². The number of hydrogen-bond donors (Lipinski definition) is 2. The van der Waals surface area contributed by atoms with Crippen LogP contribution in [0, 0.1) is 13.8 Å². The molecule has 0 saturated heterocycles. The third-order valence-electron chi connectivity index (χ3n) is 3.95. The van der Waals surface area contributed by atoms with E-state index in [1.165, 1.54) is 5.56 Å². The van der Waals surface area contributed by atoms with Crippen LogP contribution in [0.3, 0.4) is 0 Å². The van der Waals surface area contributed by atoms with Gasteiger partial charge in [0.15, 0.2) is 0 Å². The summed E-state index contributed by atoms with van der Waals surface area (Å²) in [7, 11) is 0. The molecule has 0 aliphatic carbocycles. The summed E-state index contributed by atoms with van der Waals surface area (Å²) < 4.78 is 3.68. The molecule has 0 bridgehead atoms. The van der Waals surface area contributed by atoms with Crippen LogP contribution < -0.4 is 5.32 Å². The molecule has 0 saturated carbocycles. The lowest BCUT2D eigenvalue weighted by atomic mass is 10.2. The van der Waals surface area contributed by atoms with Crippen LogP contribution in [0.1, 0.15) is 17.0 Å². The van der Waals surface area contributed by atoms with Crippen LogP contribution in [0.15, 0.2) is 42.7 Å². The minimum absolute atomic E-state index is 0.101. The fourth-order valence-corrected chi connectivity index (χ4v) is 2.65. The van der Waals surface area contributed by atoms with Gasteiger partial charge in [0, 0.05) is 35.9 Å². The first-order valence-electron chi connectivity index (χ1n) is 7.66. The standard InChI is InChI=1S/C17H21N5O/c1-13-17(14(2)21(20-13)10-11-23)12-18-15-4-6-16(7-5-15)22-9-3-8-19-22/h3-9,18,23H,10-12H2,1-2H3. The summed E-state index contributed by atoms with van der Waals surface area (Å²) in [5, 5.41) is 21.2. The van der Waals surface area contributed by atoms with Gasteiger partial charge in [0.1, 0.15) is 0 Å². The van der Waals surface area contributed by atoms with E-state index >= 15 is 0 Å². The van der Waals surface area contributed by atoms with E-state index in [-0.39, 0.29) is 6.61 Å². The number of nitrogens with zero attached hydrogens (tertiary/aromatic N) is 4. The van der Waals surface area contributed by atoms with Crippen molar-refractivity contribution >= 4 is 5.69 Å². The molecule has 1 aromatic carbocycles. The molecule has 0 radical (unpaired) electrons. The second-order valence-electron chi connectivity index (χ2n) is 5.45. The fraction of sp³-hybridized carbons (Fsp3) is 0.294. The van der Waals surface area contributed by atoms with E-state index in [2.05, 4.69) is 15.5 Å². The zero-order valence-electron chi connectivity index (χ0n) is 13.4. The number of benzene rings is 1. The molecule has 2 heterocycles. The summed E-state index contributed by atoms with van der Waals surface area (Å²) in [6, 6.07) is 10.1. The molecule has 2 aromatic heterocycles. The first-order valence-corrected chi connectivity index (χ1v) is 7.66. The van der Waals surface area contributed by atoms with Crippen molar-refractivity contribution in [1.82, 2.24) is 19.6 Å². The van der Waals surface area contributed by atoms with E-state index in [0.29, 0.717) is 13.1 Å². The average Bonchev–Trinajstić information content (AvgIpc) is 3.17. The van der Waals surface area contributed by atoms with E-state index in [9.17, 15) is 0 Å². The van der Waals surface area contributed by atoms with Gasteiger partial charge in [-0.25, -0.2) is 4.68 Å². The number of rotatable bonds is 6. The first kappa shape index (κ1) is 15.3. The average molecular weight is 311 g/mol. The molecule has 0 aliphatic heterocycles. The van der Waals surface area contributed by atoms with Crippen LogP contribution >= 0.6 is 0 Å². The summed E-state index contributed by atoms with van der Waals surface area (Å²) in [5.41, 5.74) is 5.35. The van der Waals surface area contributed by atoms with Gasteiger partial charge in [-0.15, -0.1) is 0 Å². The smallest absolute Gasteiger partial charge is 0.0647 e. The molecule has 6 heteroatoms. The van der Waals surface area contributed by atoms with Crippen LogP contribution in [0.25, 0.3) is 5.69 Å². The molecule has 0 spiro atoms. The Morgan fingerprint density at radius 3 is 2.61 bits per heavy atom. The molecule has 6 nitrogen and oxygen atoms in total. The maximum Gasteiger partial charge on any atom is 0.0647 e. The minimum atomic E-state index is 0.101. The number of aromatic nitrogens is 4. The Labute approximate surface area is 135 Å². The topological polar surface area (TPSA) is 67.9 Å². The molecular formula is C17H21N5O. The van der Waals surface area contributed by atoms with E-state index in [0.717, 1.165) is 22.8 Å². The lowest BCUT2D eigenvalue weighted by Crippen LogP contribution is -2.07. The number of aliphatic hydroxyl groups excluding tert-OH is 1. The molecule has 120 valence electrons. The van der Waals surface area contributed by atoms with Crippen LogP contribution in [-0.4, -0.2) is 31.3 Å². The Hall–Kier alpha value is -2.60. The third kappa shape index (κ3) is 3.27. The second-order valence-corrected chi connectivity index (χ2v) is 5.45. The zero-order chi connectivity index (χ0) is 16.2. The quantitative estimate of drug-likeness (QED) is 0.733. The van der Waals surface area contributed by atoms with Crippen molar-refractivity contribution in [1.29, 1.82) is 0 Å². The van der Waals surface area contributed by atoms with Crippen molar-refractivity contribution < 1.29 is 5.11 Å². The van der Waals surface area contributed by atoms with E-state index in [1.54, 1.807) is 6.20 Å². The van der Waals surface area contributed by atoms with Gasteiger partial charge in [-0.3, -0.25) is 4.68 Å². The monoisotopic (exact) mass is 311 g/mol. The highest BCUT2D eigenvalue weighted by Gasteiger charge is 2.10. The van der Waals surface area contributed by atoms with Crippen molar-refractivity contribution in [3.05, 3.63) is 59.7 Å². The number of aryl methyl sites for hydroxylation is 1. The molecule has 0 atom stereocenters. The summed E-state index contributed by atoms with van der Waals surface area (Å²) in [6.07, 6.45) is 3.69. The van der Waals surface area contributed by atoms with Gasteiger partial charge in [0.2, 0.25) is 0 Å². The number of anilines is 1. The molecule has 23 heavy (non-hydrogen) atoms. The lowest BCUT2D eigenvalue weighted by molar-refractivity contribution is 0.268. The molecule has 3 rings (SSSR count). The van der Waals surface area contributed by atoms with Crippen LogP contribution in [0.2, 0.25) is 0 Å². The Morgan fingerprint density at radius 1 is 1.17 bits per heavy atom. The van der Waals surface area contributed by atoms with Crippen LogP contribution in [-0.2, 0) is 13.1 Å². The van der Waals surface area contributed by atoms with Gasteiger partial charge in [-0.05, 0) is 44.2 Å². The van der Waals surface area contributed by atoms with E-state index in [4.69, 9.17) is 5.11 Å². The Bertz CT molecular complexity index is 759. The van der Waals surface area contributed by atoms with Gasteiger partial charge in [-0.2, -0.15) is 10.2 Å². The van der Waals surface area contributed by atoms with Gasteiger partial charge in [0.25, 0.3) is 0 Å². The second kappa shape index (κ2) is 6.66. The molecule has 0 aliphatic rings. The molecule has 3 aromatic rings. The maximum atomic E-state index is 9.07. The van der Waals surface area contributed by atoms with Gasteiger partial charge in [0.05, 0.1) is 24.5 Å². The van der Waals surface area contributed by atoms with Gasteiger partial charge >= 0.3 is 0 Å². The van der Waals surface area contributed by atoms with Crippen molar-refractivity contribution in [2.45, 2.75) is 26.9 Å². The van der Waals surface area contributed by atoms with Crippen molar-refractivity contribution in [2.75, 3.05) is 11.9 Å². The van der Waals surface area contributed by atoms with Crippen molar-refractivity contribution in [2.24, 2.45) is 0 Å².